The molecule has 0 radical (unpaired) electrons. The molecule has 1 N–H and O–H groups in total. The average molecular weight is 408 g/mol. The van der Waals surface area contributed by atoms with E-state index < -0.39 is 0 Å². The summed E-state index contributed by atoms with van der Waals surface area (Å²) in [7, 11) is 0. The molecule has 0 spiro atoms. The highest BCUT2D eigenvalue weighted by Crippen LogP contribution is 2.36. The molecule has 0 aliphatic carbocycles. The number of rotatable bonds is 6. The quantitative estimate of drug-likeness (QED) is 0.359. The van der Waals surface area contributed by atoms with Crippen molar-refractivity contribution < 1.29 is 5.11 Å². The first-order valence-corrected chi connectivity index (χ1v) is 10.8. The van der Waals surface area contributed by atoms with Crippen LogP contribution in [0.1, 0.15) is 40.7 Å². The topological polar surface area (TPSA) is 23.5 Å². The van der Waals surface area contributed by atoms with Crippen molar-refractivity contribution in [2.75, 3.05) is 4.90 Å². The fourth-order valence-electron chi connectivity index (χ4n) is 3.85. The first-order valence-electron chi connectivity index (χ1n) is 10.8. The van der Waals surface area contributed by atoms with Gasteiger partial charge < -0.3 is 10.0 Å². The van der Waals surface area contributed by atoms with Gasteiger partial charge >= 0.3 is 0 Å². The van der Waals surface area contributed by atoms with Crippen molar-refractivity contribution in [2.24, 2.45) is 0 Å². The van der Waals surface area contributed by atoms with Crippen LogP contribution in [0.3, 0.4) is 0 Å². The standard InChI is InChI=1S/C29H29NO/c1-21-4-14-27(15-5-21)30(28-16-6-22(2)7-17-28)29-18-12-26(13-19-29)23(3)25-10-8-24(20-31)9-11-25/h4-19,23,31H,20H2,1-3H3. The summed E-state index contributed by atoms with van der Waals surface area (Å²) in [6.45, 7) is 6.53. The summed E-state index contributed by atoms with van der Waals surface area (Å²) in [5.41, 5.74) is 9.40. The Balaban J connectivity index is 1.67. The fourth-order valence-corrected chi connectivity index (χ4v) is 3.85. The van der Waals surface area contributed by atoms with Gasteiger partial charge in [0.05, 0.1) is 6.61 Å². The predicted molar refractivity (Wildman–Crippen MR) is 130 cm³/mol. The van der Waals surface area contributed by atoms with Crippen LogP contribution in [0.4, 0.5) is 17.1 Å². The molecule has 1 atom stereocenters. The molecule has 156 valence electrons. The van der Waals surface area contributed by atoms with Gasteiger partial charge in [0.2, 0.25) is 0 Å². The van der Waals surface area contributed by atoms with Gasteiger partial charge in [0, 0.05) is 23.0 Å². The SMILES string of the molecule is Cc1ccc(N(c2ccc(C)cc2)c2ccc(C(C)c3ccc(CO)cc3)cc2)cc1. The Labute approximate surface area is 185 Å². The molecule has 0 saturated heterocycles. The van der Waals surface area contributed by atoms with Crippen LogP contribution in [0, 0.1) is 13.8 Å². The molecule has 0 aromatic heterocycles. The summed E-state index contributed by atoms with van der Waals surface area (Å²) in [6, 6.07) is 34.4. The van der Waals surface area contributed by atoms with Crippen molar-refractivity contribution in [1.29, 1.82) is 0 Å². The van der Waals surface area contributed by atoms with Gasteiger partial charge in [-0.1, -0.05) is 78.7 Å². The van der Waals surface area contributed by atoms with Crippen molar-refractivity contribution in [3.63, 3.8) is 0 Å². The van der Waals surface area contributed by atoms with Crippen LogP contribution in [0.15, 0.2) is 97.1 Å². The number of hydrogen-bond acceptors (Lipinski definition) is 2. The van der Waals surface area contributed by atoms with Crippen molar-refractivity contribution in [3.05, 3.63) is 125 Å². The van der Waals surface area contributed by atoms with E-state index in [9.17, 15) is 5.11 Å². The monoisotopic (exact) mass is 407 g/mol. The molecule has 0 aliphatic heterocycles. The molecule has 2 heteroatoms. The number of hydrogen-bond donors (Lipinski definition) is 1. The molecule has 4 aromatic carbocycles. The Kier molecular flexibility index (Phi) is 6.20. The third-order valence-electron chi connectivity index (χ3n) is 5.90. The van der Waals surface area contributed by atoms with Crippen LogP contribution in [0.2, 0.25) is 0 Å². The predicted octanol–water partition coefficient (Wildman–Crippen LogP) is 7.42. The van der Waals surface area contributed by atoms with Crippen molar-refractivity contribution >= 4 is 17.1 Å². The summed E-state index contributed by atoms with van der Waals surface area (Å²) in [5, 5.41) is 9.28. The molecule has 2 nitrogen and oxygen atoms in total. The average Bonchev–Trinajstić information content (AvgIpc) is 2.82. The zero-order chi connectivity index (χ0) is 21.8. The highest BCUT2D eigenvalue weighted by Gasteiger charge is 2.14. The van der Waals surface area contributed by atoms with Crippen LogP contribution in [-0.4, -0.2) is 5.11 Å². The molecule has 0 heterocycles. The Morgan fingerprint density at radius 1 is 0.581 bits per heavy atom. The van der Waals surface area contributed by atoms with Crippen LogP contribution < -0.4 is 4.90 Å². The largest absolute Gasteiger partial charge is 0.392 e. The van der Waals surface area contributed by atoms with E-state index in [1.165, 1.54) is 22.3 Å². The molecular formula is C29H29NO. The summed E-state index contributed by atoms with van der Waals surface area (Å²) in [4.78, 5) is 2.30. The minimum absolute atomic E-state index is 0.0806. The van der Waals surface area contributed by atoms with Gasteiger partial charge in [-0.2, -0.15) is 0 Å². The van der Waals surface area contributed by atoms with Crippen LogP contribution in [0.5, 0.6) is 0 Å². The molecule has 0 amide bonds. The van der Waals surface area contributed by atoms with E-state index in [4.69, 9.17) is 0 Å². The summed E-state index contributed by atoms with van der Waals surface area (Å²) >= 11 is 0. The minimum atomic E-state index is 0.0806. The normalized spacial score (nSPS) is 11.9. The van der Waals surface area contributed by atoms with Gasteiger partial charge in [-0.25, -0.2) is 0 Å². The summed E-state index contributed by atoms with van der Waals surface area (Å²) in [6.07, 6.45) is 0. The van der Waals surface area contributed by atoms with Gasteiger partial charge in [0.15, 0.2) is 0 Å². The molecule has 0 bridgehead atoms. The van der Waals surface area contributed by atoms with Gasteiger partial charge in [-0.05, 0) is 66.9 Å². The van der Waals surface area contributed by atoms with Gasteiger partial charge in [-0.3, -0.25) is 0 Å². The van der Waals surface area contributed by atoms with E-state index in [-0.39, 0.29) is 12.5 Å². The number of nitrogens with zero attached hydrogens (tertiary/aromatic N) is 1. The molecule has 1 unspecified atom stereocenters. The molecule has 0 saturated carbocycles. The first-order chi connectivity index (χ1) is 15.0. The van der Waals surface area contributed by atoms with E-state index in [2.05, 4.69) is 111 Å². The molecular weight excluding hydrogens is 378 g/mol. The Morgan fingerprint density at radius 3 is 1.32 bits per heavy atom. The highest BCUT2D eigenvalue weighted by atomic mass is 16.3. The number of aliphatic hydroxyl groups excluding tert-OH is 1. The van der Waals surface area contributed by atoms with E-state index in [0.717, 1.165) is 22.6 Å². The van der Waals surface area contributed by atoms with E-state index >= 15 is 0 Å². The Hall–Kier alpha value is -3.36. The summed E-state index contributed by atoms with van der Waals surface area (Å²) < 4.78 is 0. The van der Waals surface area contributed by atoms with Crippen LogP contribution in [-0.2, 0) is 6.61 Å². The Bertz CT molecular complexity index is 1070. The van der Waals surface area contributed by atoms with Gasteiger partial charge in [0.25, 0.3) is 0 Å². The lowest BCUT2D eigenvalue weighted by Gasteiger charge is -2.26. The zero-order valence-corrected chi connectivity index (χ0v) is 18.4. The molecule has 31 heavy (non-hydrogen) atoms. The van der Waals surface area contributed by atoms with E-state index in [1.807, 2.05) is 12.1 Å². The Morgan fingerprint density at radius 2 is 0.935 bits per heavy atom. The molecule has 4 aromatic rings. The lowest BCUT2D eigenvalue weighted by Crippen LogP contribution is -2.10. The number of aryl methyl sites for hydroxylation is 2. The zero-order valence-electron chi connectivity index (χ0n) is 18.4. The maximum absolute atomic E-state index is 9.28. The lowest BCUT2D eigenvalue weighted by atomic mass is 9.92. The third kappa shape index (κ3) is 4.70. The maximum atomic E-state index is 9.28. The number of aliphatic hydroxyl groups is 1. The van der Waals surface area contributed by atoms with Gasteiger partial charge in [-0.15, -0.1) is 0 Å². The van der Waals surface area contributed by atoms with Crippen molar-refractivity contribution in [1.82, 2.24) is 0 Å². The minimum Gasteiger partial charge on any atom is -0.392 e. The summed E-state index contributed by atoms with van der Waals surface area (Å²) in [5.74, 6) is 0.286. The van der Waals surface area contributed by atoms with E-state index in [0.29, 0.717) is 0 Å². The van der Waals surface area contributed by atoms with E-state index in [1.54, 1.807) is 0 Å². The molecule has 0 aliphatic rings. The molecule has 0 fully saturated rings. The second-order valence-electron chi connectivity index (χ2n) is 8.22. The first kappa shape index (κ1) is 20.9. The second-order valence-corrected chi connectivity index (χ2v) is 8.22. The maximum Gasteiger partial charge on any atom is 0.0681 e. The van der Waals surface area contributed by atoms with Crippen molar-refractivity contribution in [3.8, 4) is 0 Å². The second kappa shape index (κ2) is 9.20. The molecule has 4 rings (SSSR count). The van der Waals surface area contributed by atoms with Crippen LogP contribution in [0.25, 0.3) is 0 Å². The van der Waals surface area contributed by atoms with Crippen LogP contribution >= 0.6 is 0 Å². The fraction of sp³-hybridized carbons (Fsp3) is 0.172. The van der Waals surface area contributed by atoms with Gasteiger partial charge in [0.1, 0.15) is 0 Å². The lowest BCUT2D eigenvalue weighted by molar-refractivity contribution is 0.282. The smallest absolute Gasteiger partial charge is 0.0681 e. The number of benzene rings is 4. The van der Waals surface area contributed by atoms with Crippen molar-refractivity contribution in [2.45, 2.75) is 33.3 Å². The highest BCUT2D eigenvalue weighted by molar-refractivity contribution is 5.76. The third-order valence-corrected chi connectivity index (χ3v) is 5.90. The number of anilines is 3.